The fraction of sp³-hybridized carbons (Fsp3) is 0.925. The number of esters is 2. The Morgan fingerprint density at radius 2 is 0.603 bits per heavy atom. The van der Waals surface area contributed by atoms with Crippen molar-refractivity contribution >= 4 is 11.9 Å². The summed E-state index contributed by atoms with van der Waals surface area (Å²) >= 11 is 0. The summed E-state index contributed by atoms with van der Waals surface area (Å²) in [6.07, 6.45) is 56.6. The van der Waals surface area contributed by atoms with Crippen molar-refractivity contribution < 1.29 is 23.8 Å². The zero-order valence-corrected chi connectivity index (χ0v) is 39.6. The van der Waals surface area contributed by atoms with E-state index in [2.05, 4.69) is 32.9 Å². The van der Waals surface area contributed by atoms with Crippen molar-refractivity contribution in [3.63, 3.8) is 0 Å². The van der Waals surface area contributed by atoms with Crippen molar-refractivity contribution in [2.45, 2.75) is 297 Å². The van der Waals surface area contributed by atoms with Crippen LogP contribution in [-0.2, 0) is 23.8 Å². The number of hydrogen-bond acceptors (Lipinski definition) is 5. The number of carbonyl (C=O) groups excluding carboxylic acids is 2. The fourth-order valence-corrected chi connectivity index (χ4v) is 7.83. The molecule has 5 nitrogen and oxygen atoms in total. The van der Waals surface area contributed by atoms with Crippen LogP contribution in [-0.4, -0.2) is 37.9 Å². The highest BCUT2D eigenvalue weighted by molar-refractivity contribution is 5.69. The average Bonchev–Trinajstić information content (AvgIpc) is 3.23. The van der Waals surface area contributed by atoms with Crippen molar-refractivity contribution in [2.24, 2.45) is 0 Å². The Balaban J connectivity index is 4.20. The molecule has 0 amide bonds. The maximum Gasteiger partial charge on any atom is 0.305 e. The van der Waals surface area contributed by atoms with Gasteiger partial charge in [0.05, 0.1) is 0 Å². The van der Waals surface area contributed by atoms with Gasteiger partial charge in [0.15, 0.2) is 0 Å². The molecule has 0 unspecified atom stereocenters. The molecule has 0 heterocycles. The van der Waals surface area contributed by atoms with Crippen molar-refractivity contribution in [1.29, 1.82) is 0 Å². The molecule has 0 aromatic heterocycles. The van der Waals surface area contributed by atoms with Crippen LogP contribution in [0.15, 0.2) is 12.2 Å². The first kappa shape index (κ1) is 56.6. The predicted molar refractivity (Wildman–Crippen MR) is 252 cm³/mol. The summed E-state index contributed by atoms with van der Waals surface area (Å²) in [5, 5.41) is 0. The molecule has 0 aliphatic carbocycles. The molecule has 0 spiro atoms. The van der Waals surface area contributed by atoms with E-state index in [1.54, 1.807) is 0 Å². The monoisotopic (exact) mass is 819 g/mol. The number of hydrogen-bond donors (Lipinski definition) is 0. The summed E-state index contributed by atoms with van der Waals surface area (Å²) in [6, 6.07) is 0. The second-order valence-corrected chi connectivity index (χ2v) is 17.8. The van der Waals surface area contributed by atoms with E-state index in [-0.39, 0.29) is 25.2 Å². The molecule has 0 bridgehead atoms. The minimum atomic E-state index is -0.393. The molecule has 0 aliphatic heterocycles. The molecule has 5 heteroatoms. The molecule has 344 valence electrons. The second kappa shape index (κ2) is 50.0. The third-order valence-corrected chi connectivity index (χ3v) is 11.8. The zero-order valence-electron chi connectivity index (χ0n) is 39.6. The summed E-state index contributed by atoms with van der Waals surface area (Å²) in [5.74, 6) is -0.326. The first-order chi connectivity index (χ1) is 28.6. The van der Waals surface area contributed by atoms with Crippen LogP contribution in [0.25, 0.3) is 0 Å². The van der Waals surface area contributed by atoms with Crippen LogP contribution < -0.4 is 0 Å². The van der Waals surface area contributed by atoms with Gasteiger partial charge in [-0.3, -0.25) is 9.59 Å². The fourth-order valence-electron chi connectivity index (χ4n) is 7.83. The lowest BCUT2D eigenvalue weighted by molar-refractivity contribution is -0.155. The smallest absolute Gasteiger partial charge is 0.305 e. The highest BCUT2D eigenvalue weighted by Gasteiger charge is 2.16. The van der Waals surface area contributed by atoms with Crippen molar-refractivity contribution in [1.82, 2.24) is 0 Å². The lowest BCUT2D eigenvalue weighted by atomic mass is 10.0. The Morgan fingerprint density at radius 3 is 0.914 bits per heavy atom. The Hall–Kier alpha value is -1.36. The van der Waals surface area contributed by atoms with Gasteiger partial charge in [0.25, 0.3) is 0 Å². The van der Waals surface area contributed by atoms with E-state index in [1.165, 1.54) is 218 Å². The molecule has 0 saturated heterocycles. The second-order valence-electron chi connectivity index (χ2n) is 17.8. The molecule has 0 radical (unpaired) electrons. The van der Waals surface area contributed by atoms with E-state index in [9.17, 15) is 9.59 Å². The average molecular weight is 819 g/mol. The number of carbonyl (C=O) groups is 2. The first-order valence-corrected chi connectivity index (χ1v) is 26.2. The Kier molecular flexibility index (Phi) is 48.8. The van der Waals surface area contributed by atoms with Crippen molar-refractivity contribution in [3.8, 4) is 0 Å². The largest absolute Gasteiger partial charge is 0.463 e. The number of allylic oxidation sites excluding steroid dienone is 2. The lowest BCUT2D eigenvalue weighted by Crippen LogP contribution is -2.29. The highest BCUT2D eigenvalue weighted by Crippen LogP contribution is 2.16. The third kappa shape index (κ3) is 47.3. The molecule has 58 heavy (non-hydrogen) atoms. The topological polar surface area (TPSA) is 61.8 Å². The molecule has 0 aromatic rings. The zero-order chi connectivity index (χ0) is 42.1. The molecule has 0 aromatic carbocycles. The van der Waals surface area contributed by atoms with Crippen molar-refractivity contribution in [3.05, 3.63) is 12.2 Å². The molecule has 0 fully saturated rings. The molecule has 0 rings (SSSR count). The van der Waals surface area contributed by atoms with Crippen molar-refractivity contribution in [2.75, 3.05) is 19.8 Å². The normalized spacial score (nSPS) is 12.1. The van der Waals surface area contributed by atoms with E-state index >= 15 is 0 Å². The quantitative estimate of drug-likeness (QED) is 0.0348. The Morgan fingerprint density at radius 1 is 0.345 bits per heavy atom. The van der Waals surface area contributed by atoms with Crippen LogP contribution in [0.5, 0.6) is 0 Å². The third-order valence-electron chi connectivity index (χ3n) is 11.8. The van der Waals surface area contributed by atoms with Gasteiger partial charge in [0, 0.05) is 19.4 Å². The summed E-state index contributed by atoms with van der Waals surface area (Å²) in [6.45, 7) is 7.77. The van der Waals surface area contributed by atoms with E-state index in [1.807, 2.05) is 0 Å². The number of ether oxygens (including phenoxy) is 3. The van der Waals surface area contributed by atoms with Crippen LogP contribution in [0.3, 0.4) is 0 Å². The molecular weight excluding hydrogens is 717 g/mol. The van der Waals surface area contributed by atoms with Crippen LogP contribution in [0, 0.1) is 0 Å². The lowest BCUT2D eigenvalue weighted by Gasteiger charge is -2.18. The maximum absolute atomic E-state index is 12.6. The minimum absolute atomic E-state index is 0.161. The SMILES string of the molecule is CCCCCCCC/C=C\CCCCCCCC(=O)OC[C@H](COC(=O)CCCCCCCCCCCCC)OCCCCCCCCCCCCCCCCCC. The highest BCUT2D eigenvalue weighted by atomic mass is 16.6. The number of rotatable bonds is 49. The van der Waals surface area contributed by atoms with Gasteiger partial charge in [0.1, 0.15) is 19.3 Å². The minimum Gasteiger partial charge on any atom is -0.463 e. The first-order valence-electron chi connectivity index (χ1n) is 26.2. The summed E-state index contributed by atoms with van der Waals surface area (Å²) < 4.78 is 17.4. The van der Waals surface area contributed by atoms with Crippen LogP contribution in [0.4, 0.5) is 0 Å². The van der Waals surface area contributed by atoms with Gasteiger partial charge in [-0.25, -0.2) is 0 Å². The van der Waals surface area contributed by atoms with E-state index in [0.29, 0.717) is 19.4 Å². The van der Waals surface area contributed by atoms with Crippen LogP contribution >= 0.6 is 0 Å². The predicted octanol–water partition coefficient (Wildman–Crippen LogP) is 17.5. The van der Waals surface area contributed by atoms with Gasteiger partial charge in [-0.2, -0.15) is 0 Å². The van der Waals surface area contributed by atoms with E-state index in [4.69, 9.17) is 14.2 Å². The van der Waals surface area contributed by atoms with Crippen LogP contribution in [0.2, 0.25) is 0 Å². The van der Waals surface area contributed by atoms with E-state index in [0.717, 1.165) is 38.5 Å². The van der Waals surface area contributed by atoms with Crippen LogP contribution in [0.1, 0.15) is 290 Å². The van der Waals surface area contributed by atoms with Gasteiger partial charge >= 0.3 is 11.9 Å². The molecule has 0 aliphatic rings. The summed E-state index contributed by atoms with van der Waals surface area (Å²) in [4.78, 5) is 25.1. The Labute approximate surface area is 363 Å². The summed E-state index contributed by atoms with van der Waals surface area (Å²) in [7, 11) is 0. The maximum atomic E-state index is 12.6. The summed E-state index contributed by atoms with van der Waals surface area (Å²) in [5.41, 5.74) is 0. The number of unbranched alkanes of at least 4 members (excludes halogenated alkanes) is 36. The van der Waals surface area contributed by atoms with Gasteiger partial charge in [0.2, 0.25) is 0 Å². The molecular formula is C53H102O5. The molecule has 0 N–H and O–H groups in total. The molecule has 0 saturated carbocycles. The van der Waals surface area contributed by atoms with Gasteiger partial charge in [-0.1, -0.05) is 245 Å². The van der Waals surface area contributed by atoms with Gasteiger partial charge < -0.3 is 14.2 Å². The Bertz CT molecular complexity index is 840. The van der Waals surface area contributed by atoms with Gasteiger partial charge in [-0.15, -0.1) is 0 Å². The van der Waals surface area contributed by atoms with E-state index < -0.39 is 6.10 Å². The molecule has 1 atom stereocenters. The van der Waals surface area contributed by atoms with Gasteiger partial charge in [-0.05, 0) is 44.9 Å². The standard InChI is InChI=1S/C53H102O5/c1-4-7-10-13-16-19-22-24-26-28-30-33-36-39-42-45-48-56-51(49-57-52(54)46-43-40-37-34-31-21-18-15-12-9-6-3)50-58-53(55)47-44-41-38-35-32-29-27-25-23-20-17-14-11-8-5-2/h25,27,51H,4-24,26,28-50H2,1-3H3/b27-25-/t51-/m0/s1.